The summed E-state index contributed by atoms with van der Waals surface area (Å²) in [6, 6.07) is 10.8. The molecule has 2 fully saturated rings. The first kappa shape index (κ1) is 33.5. The highest BCUT2D eigenvalue weighted by Crippen LogP contribution is 2.43. The molecule has 2 aromatic carbocycles. The van der Waals surface area contributed by atoms with Crippen LogP contribution in [0.15, 0.2) is 47.2 Å². The summed E-state index contributed by atoms with van der Waals surface area (Å²) in [6.45, 7) is 9.64. The highest BCUT2D eigenvalue weighted by molar-refractivity contribution is 6.37. The van der Waals surface area contributed by atoms with Crippen LogP contribution in [-0.2, 0) is 11.3 Å². The number of hydrogen-bond acceptors (Lipinski definition) is 10. The first-order valence-electron chi connectivity index (χ1n) is 15.6. The van der Waals surface area contributed by atoms with Gasteiger partial charge in [-0.3, -0.25) is 9.88 Å². The maximum Gasteiger partial charge on any atom is 0.410 e. The quantitative estimate of drug-likeness (QED) is 0.192. The van der Waals surface area contributed by atoms with Crippen molar-refractivity contribution in [3.63, 3.8) is 0 Å². The predicted octanol–water partition coefficient (Wildman–Crippen LogP) is 8.39. The van der Waals surface area contributed by atoms with Crippen molar-refractivity contribution in [3.05, 3.63) is 64.2 Å². The fourth-order valence-electron chi connectivity index (χ4n) is 6.24. The first-order chi connectivity index (χ1) is 22.9. The van der Waals surface area contributed by atoms with Crippen molar-refractivity contribution in [2.24, 2.45) is 5.41 Å². The van der Waals surface area contributed by atoms with Gasteiger partial charge in [0.2, 0.25) is 0 Å². The van der Waals surface area contributed by atoms with Crippen molar-refractivity contribution < 1.29 is 28.2 Å². The number of methoxy groups -OCH3 is 2. The number of likely N-dealkylation sites (tertiary alicyclic amines) is 2. The Labute approximate surface area is 289 Å². The number of nitrogens with zero attached hydrogens (tertiary/aromatic N) is 4. The number of pyridine rings is 1. The molecular formula is C35H37Cl2N5O6. The normalized spacial score (nSPS) is 15.9. The zero-order valence-corrected chi connectivity index (χ0v) is 29.0. The summed E-state index contributed by atoms with van der Waals surface area (Å²) in [7, 11) is 3.06. The number of anilines is 2. The van der Waals surface area contributed by atoms with Crippen LogP contribution in [-0.4, -0.2) is 66.9 Å². The molecule has 13 heteroatoms. The van der Waals surface area contributed by atoms with E-state index in [4.69, 9.17) is 46.6 Å². The van der Waals surface area contributed by atoms with Crippen molar-refractivity contribution in [1.82, 2.24) is 14.8 Å². The molecule has 252 valence electrons. The van der Waals surface area contributed by atoms with E-state index in [-0.39, 0.29) is 11.5 Å². The Morgan fingerprint density at radius 1 is 1.04 bits per heavy atom. The summed E-state index contributed by atoms with van der Waals surface area (Å²) in [4.78, 5) is 21.1. The average Bonchev–Trinajstić information content (AvgIpc) is 3.47. The van der Waals surface area contributed by atoms with Crippen LogP contribution in [0.25, 0.3) is 10.9 Å². The molecule has 1 spiro atoms. The van der Waals surface area contributed by atoms with Gasteiger partial charge in [0.15, 0.2) is 17.2 Å². The van der Waals surface area contributed by atoms with Crippen molar-refractivity contribution in [1.29, 1.82) is 5.26 Å². The lowest BCUT2D eigenvalue weighted by Crippen LogP contribution is -2.60. The van der Waals surface area contributed by atoms with E-state index in [2.05, 4.69) is 21.3 Å². The number of carbonyl (C=O) groups is 1. The third kappa shape index (κ3) is 7.06. The molecule has 2 saturated heterocycles. The number of nitriles is 1. The molecule has 2 aromatic heterocycles. The van der Waals surface area contributed by atoms with Crippen LogP contribution >= 0.6 is 23.2 Å². The predicted molar refractivity (Wildman–Crippen MR) is 183 cm³/mol. The van der Waals surface area contributed by atoms with Gasteiger partial charge in [0.05, 0.1) is 53.3 Å². The standard InChI is InChI=1S/C35H37Cl2N5O6/c1-34(2,3)48-33(43)42-8-6-35(7-9-42)19-41(20-35)17-22-10-23(18-46-22)47-31-13-27-24(11-30(31)45-5)32(21(15-38)16-39-27)40-28-14-29(44-4)26(37)12-25(28)36/h10-14,16,18H,6-9,17,19-20H2,1-5H3,(H,39,40). The van der Waals surface area contributed by atoms with Crippen LogP contribution in [0.5, 0.6) is 23.0 Å². The number of nitrogens with one attached hydrogen (secondary N) is 1. The van der Waals surface area contributed by atoms with Crippen molar-refractivity contribution in [2.75, 3.05) is 45.7 Å². The average molecular weight is 695 g/mol. The van der Waals surface area contributed by atoms with Gasteiger partial charge in [0.1, 0.15) is 29.4 Å². The van der Waals surface area contributed by atoms with Crippen molar-refractivity contribution in [2.45, 2.75) is 45.8 Å². The van der Waals surface area contributed by atoms with Crippen LogP contribution in [0, 0.1) is 16.7 Å². The molecule has 0 aliphatic carbocycles. The van der Waals surface area contributed by atoms with E-state index in [9.17, 15) is 10.1 Å². The number of amides is 1. The number of ether oxygens (including phenoxy) is 4. The van der Waals surface area contributed by atoms with Gasteiger partial charge in [0.25, 0.3) is 0 Å². The van der Waals surface area contributed by atoms with Gasteiger partial charge >= 0.3 is 6.09 Å². The Balaban J connectivity index is 1.13. The highest BCUT2D eigenvalue weighted by Gasteiger charge is 2.46. The van der Waals surface area contributed by atoms with E-state index < -0.39 is 5.60 Å². The number of carbonyl (C=O) groups excluding carboxylic acids is 1. The Hall–Kier alpha value is -4.37. The number of aromatic nitrogens is 1. The molecule has 0 saturated carbocycles. The van der Waals surface area contributed by atoms with E-state index in [1.165, 1.54) is 13.3 Å². The molecule has 1 N–H and O–H groups in total. The molecule has 2 aliphatic rings. The van der Waals surface area contributed by atoms with E-state index in [1.54, 1.807) is 37.6 Å². The fraction of sp³-hybridized carbons (Fsp3) is 0.400. The number of halogens is 2. The van der Waals surface area contributed by atoms with E-state index in [0.29, 0.717) is 80.5 Å². The second-order valence-corrected chi connectivity index (χ2v) is 14.0. The molecule has 11 nitrogen and oxygen atoms in total. The van der Waals surface area contributed by atoms with Crippen LogP contribution in [0.4, 0.5) is 16.2 Å². The molecule has 48 heavy (non-hydrogen) atoms. The van der Waals surface area contributed by atoms with Crippen molar-refractivity contribution >= 4 is 51.6 Å². The van der Waals surface area contributed by atoms with Crippen LogP contribution in [0.1, 0.15) is 44.9 Å². The number of furan rings is 1. The van der Waals surface area contributed by atoms with Crippen LogP contribution in [0.3, 0.4) is 0 Å². The number of hydrogen-bond donors (Lipinski definition) is 1. The Bertz CT molecular complexity index is 1880. The van der Waals surface area contributed by atoms with E-state index in [1.807, 2.05) is 31.7 Å². The lowest BCUT2D eigenvalue weighted by Gasteiger charge is -2.53. The lowest BCUT2D eigenvalue weighted by atomic mass is 9.72. The molecule has 1 amide bonds. The Kier molecular flexibility index (Phi) is 9.27. The zero-order valence-electron chi connectivity index (χ0n) is 27.5. The van der Waals surface area contributed by atoms with Gasteiger partial charge in [0, 0.05) is 56.0 Å². The van der Waals surface area contributed by atoms with Gasteiger partial charge in [-0.2, -0.15) is 5.26 Å². The van der Waals surface area contributed by atoms with Gasteiger partial charge in [-0.05, 0) is 51.2 Å². The van der Waals surface area contributed by atoms with E-state index >= 15 is 0 Å². The number of piperidine rings is 1. The molecule has 0 unspecified atom stereocenters. The topological polar surface area (TPSA) is 122 Å². The molecule has 0 bridgehead atoms. The van der Waals surface area contributed by atoms with Crippen molar-refractivity contribution in [3.8, 4) is 29.1 Å². The number of fused-ring (bicyclic) bond motifs is 1. The van der Waals surface area contributed by atoms with E-state index in [0.717, 1.165) is 31.7 Å². The summed E-state index contributed by atoms with van der Waals surface area (Å²) < 4.78 is 28.6. The smallest absolute Gasteiger partial charge is 0.410 e. The van der Waals surface area contributed by atoms with Gasteiger partial charge in [-0.15, -0.1) is 0 Å². The molecule has 2 aliphatic heterocycles. The number of benzene rings is 2. The van der Waals surface area contributed by atoms with Crippen LogP contribution in [0.2, 0.25) is 10.0 Å². The third-order valence-corrected chi connectivity index (χ3v) is 9.21. The minimum Gasteiger partial charge on any atom is -0.495 e. The van der Waals surface area contributed by atoms with Gasteiger partial charge < -0.3 is 33.6 Å². The highest BCUT2D eigenvalue weighted by atomic mass is 35.5. The maximum atomic E-state index is 12.5. The second-order valence-electron chi connectivity index (χ2n) is 13.2. The monoisotopic (exact) mass is 693 g/mol. The molecule has 4 aromatic rings. The summed E-state index contributed by atoms with van der Waals surface area (Å²) >= 11 is 12.7. The molecule has 0 radical (unpaired) electrons. The van der Waals surface area contributed by atoms with Gasteiger partial charge in [-0.25, -0.2) is 4.79 Å². The minimum absolute atomic E-state index is 0.222. The van der Waals surface area contributed by atoms with Crippen LogP contribution < -0.4 is 19.5 Å². The summed E-state index contributed by atoms with van der Waals surface area (Å²) in [5, 5.41) is 14.5. The van der Waals surface area contributed by atoms with Gasteiger partial charge in [-0.1, -0.05) is 23.2 Å². The summed E-state index contributed by atoms with van der Waals surface area (Å²) in [5.41, 5.74) is 1.60. The third-order valence-electron chi connectivity index (χ3n) is 8.61. The Morgan fingerprint density at radius 2 is 1.77 bits per heavy atom. The molecule has 0 atom stereocenters. The molecule has 4 heterocycles. The lowest BCUT2D eigenvalue weighted by molar-refractivity contribution is -0.0572. The fourth-order valence-corrected chi connectivity index (χ4v) is 6.75. The second kappa shape index (κ2) is 13.3. The summed E-state index contributed by atoms with van der Waals surface area (Å²) in [6.07, 6.45) is 4.74. The number of rotatable bonds is 8. The molecule has 6 rings (SSSR count). The first-order valence-corrected chi connectivity index (χ1v) is 16.3. The zero-order chi connectivity index (χ0) is 34.2. The SMILES string of the molecule is COc1cc(Nc2c(C#N)cnc3cc(Oc4coc(CN5CC6(CCN(C(=O)OC(C)(C)C)CC6)C5)c4)c(OC)cc23)c(Cl)cc1Cl. The Morgan fingerprint density at radius 3 is 2.44 bits per heavy atom. The summed E-state index contributed by atoms with van der Waals surface area (Å²) in [5.74, 6) is 2.61. The molecular weight excluding hydrogens is 657 g/mol. The minimum atomic E-state index is -0.492. The maximum absolute atomic E-state index is 12.5. The largest absolute Gasteiger partial charge is 0.495 e.